The lowest BCUT2D eigenvalue weighted by molar-refractivity contribution is 0.101. The number of hydrogen-bond acceptors (Lipinski definition) is 3. The van der Waals surface area contributed by atoms with Crippen LogP contribution in [0.25, 0.3) is 21.8 Å². The summed E-state index contributed by atoms with van der Waals surface area (Å²) in [6.07, 6.45) is 0. The summed E-state index contributed by atoms with van der Waals surface area (Å²) >= 11 is 0. The standard InChI is InChI=1S/C21H24N2O2/c1-11(2)13(4)22-19-10-17-20(9-15(19)14(5)24)23-18-7-6-12(3)8-16(18)21(17)25/h6-11,13,22H,1-5H3,(H,23,25). The number of rotatable bonds is 4. The van der Waals surface area contributed by atoms with Gasteiger partial charge in [-0.25, -0.2) is 0 Å². The van der Waals surface area contributed by atoms with Gasteiger partial charge in [0.25, 0.3) is 0 Å². The van der Waals surface area contributed by atoms with E-state index >= 15 is 0 Å². The molecule has 2 aromatic carbocycles. The van der Waals surface area contributed by atoms with Crippen LogP contribution in [0.5, 0.6) is 0 Å². The summed E-state index contributed by atoms with van der Waals surface area (Å²) in [5.74, 6) is 0.387. The number of ketones is 1. The van der Waals surface area contributed by atoms with E-state index in [-0.39, 0.29) is 17.3 Å². The summed E-state index contributed by atoms with van der Waals surface area (Å²) in [5, 5.41) is 4.67. The monoisotopic (exact) mass is 336 g/mol. The number of Topliss-reactive ketones (excluding diaryl/α,β-unsaturated/α-hetero) is 1. The largest absolute Gasteiger partial charge is 0.382 e. The molecule has 0 aliphatic carbocycles. The lowest BCUT2D eigenvalue weighted by Crippen LogP contribution is -2.23. The predicted octanol–water partition coefficient (Wildman–Crippen LogP) is 4.65. The van der Waals surface area contributed by atoms with Crippen LogP contribution in [0.4, 0.5) is 5.69 Å². The number of pyridine rings is 1. The number of anilines is 1. The summed E-state index contributed by atoms with van der Waals surface area (Å²) in [4.78, 5) is 28.4. The first kappa shape index (κ1) is 17.2. The number of fused-ring (bicyclic) bond motifs is 2. The Morgan fingerprint density at radius 1 is 1.04 bits per heavy atom. The van der Waals surface area contributed by atoms with Gasteiger partial charge >= 0.3 is 0 Å². The van der Waals surface area contributed by atoms with Crippen molar-refractivity contribution in [1.29, 1.82) is 0 Å². The van der Waals surface area contributed by atoms with E-state index in [4.69, 9.17) is 0 Å². The number of benzene rings is 2. The van der Waals surface area contributed by atoms with Crippen LogP contribution in [0.1, 0.15) is 43.6 Å². The van der Waals surface area contributed by atoms with Crippen LogP contribution in [0, 0.1) is 12.8 Å². The average molecular weight is 336 g/mol. The van der Waals surface area contributed by atoms with Gasteiger partial charge in [0.1, 0.15) is 0 Å². The maximum absolute atomic E-state index is 13.0. The van der Waals surface area contributed by atoms with Crippen molar-refractivity contribution in [3.05, 3.63) is 51.7 Å². The van der Waals surface area contributed by atoms with E-state index in [1.54, 1.807) is 13.0 Å². The highest BCUT2D eigenvalue weighted by atomic mass is 16.1. The van der Waals surface area contributed by atoms with E-state index < -0.39 is 0 Å². The van der Waals surface area contributed by atoms with Gasteiger partial charge in [-0.15, -0.1) is 0 Å². The van der Waals surface area contributed by atoms with Crippen molar-refractivity contribution >= 4 is 33.3 Å². The minimum atomic E-state index is -0.0230. The zero-order chi connectivity index (χ0) is 18.3. The highest BCUT2D eigenvalue weighted by Crippen LogP contribution is 2.25. The molecule has 3 aromatic rings. The quantitative estimate of drug-likeness (QED) is 0.538. The third kappa shape index (κ3) is 3.16. The average Bonchev–Trinajstić information content (AvgIpc) is 2.55. The molecule has 0 radical (unpaired) electrons. The fourth-order valence-corrected chi connectivity index (χ4v) is 2.96. The fraction of sp³-hybridized carbons (Fsp3) is 0.333. The molecule has 0 spiro atoms. The van der Waals surface area contributed by atoms with Crippen molar-refractivity contribution in [2.75, 3.05) is 5.32 Å². The molecule has 0 amide bonds. The summed E-state index contributed by atoms with van der Waals surface area (Å²) in [7, 11) is 0. The molecule has 1 unspecified atom stereocenters. The van der Waals surface area contributed by atoms with Gasteiger partial charge < -0.3 is 10.3 Å². The lowest BCUT2D eigenvalue weighted by atomic mass is 10.0. The van der Waals surface area contributed by atoms with Crippen molar-refractivity contribution in [2.45, 2.75) is 40.7 Å². The second kappa shape index (κ2) is 6.36. The number of carbonyl (C=O) groups excluding carboxylic acids is 1. The summed E-state index contributed by atoms with van der Waals surface area (Å²) in [5.41, 5.74) is 3.83. The third-order valence-corrected chi connectivity index (χ3v) is 4.85. The van der Waals surface area contributed by atoms with E-state index in [2.05, 4.69) is 31.1 Å². The Labute approximate surface area is 147 Å². The SMILES string of the molecule is CC(=O)c1cc2[nH]c3ccc(C)cc3c(=O)c2cc1NC(C)C(C)C. The minimum absolute atomic E-state index is 0.0113. The molecule has 4 heteroatoms. The van der Waals surface area contributed by atoms with Crippen LogP contribution in [0.3, 0.4) is 0 Å². The van der Waals surface area contributed by atoms with Crippen molar-refractivity contribution in [1.82, 2.24) is 4.98 Å². The normalized spacial score (nSPS) is 12.7. The molecule has 0 saturated carbocycles. The second-order valence-electron chi connectivity index (χ2n) is 7.18. The highest BCUT2D eigenvalue weighted by molar-refractivity contribution is 6.05. The molecule has 0 bridgehead atoms. The van der Waals surface area contributed by atoms with Crippen LogP contribution in [0.15, 0.2) is 35.1 Å². The zero-order valence-corrected chi connectivity index (χ0v) is 15.4. The first-order valence-electron chi connectivity index (χ1n) is 8.66. The van der Waals surface area contributed by atoms with E-state index in [0.29, 0.717) is 27.8 Å². The summed E-state index contributed by atoms with van der Waals surface area (Å²) in [6, 6.07) is 9.56. The van der Waals surface area contributed by atoms with Crippen molar-refractivity contribution < 1.29 is 4.79 Å². The molecule has 25 heavy (non-hydrogen) atoms. The van der Waals surface area contributed by atoms with Crippen LogP contribution >= 0.6 is 0 Å². The molecule has 0 aliphatic rings. The molecule has 0 fully saturated rings. The molecule has 0 saturated heterocycles. The van der Waals surface area contributed by atoms with Crippen LogP contribution in [-0.2, 0) is 0 Å². The molecule has 4 nitrogen and oxygen atoms in total. The zero-order valence-electron chi connectivity index (χ0n) is 15.4. The van der Waals surface area contributed by atoms with Gasteiger partial charge in [0.05, 0.1) is 5.52 Å². The van der Waals surface area contributed by atoms with Crippen molar-refractivity contribution in [3.63, 3.8) is 0 Å². The van der Waals surface area contributed by atoms with Crippen LogP contribution in [0.2, 0.25) is 0 Å². The Morgan fingerprint density at radius 3 is 2.36 bits per heavy atom. The van der Waals surface area contributed by atoms with Gasteiger partial charge in [-0.05, 0) is 51.0 Å². The number of H-pyrrole nitrogens is 1. The number of carbonyl (C=O) groups is 1. The number of aromatic nitrogens is 1. The molecule has 3 rings (SSSR count). The molecular weight excluding hydrogens is 312 g/mol. The predicted molar refractivity (Wildman–Crippen MR) is 105 cm³/mol. The molecule has 2 N–H and O–H groups in total. The Hall–Kier alpha value is -2.62. The summed E-state index contributed by atoms with van der Waals surface area (Å²) in [6.45, 7) is 9.84. The maximum Gasteiger partial charge on any atom is 0.197 e. The Kier molecular flexibility index (Phi) is 4.38. The minimum Gasteiger partial charge on any atom is -0.382 e. The number of aryl methyl sites for hydroxylation is 1. The molecule has 130 valence electrons. The van der Waals surface area contributed by atoms with Gasteiger partial charge in [0, 0.05) is 33.6 Å². The third-order valence-electron chi connectivity index (χ3n) is 4.85. The molecule has 0 aliphatic heterocycles. The van der Waals surface area contributed by atoms with E-state index in [1.807, 2.05) is 31.2 Å². The number of hydrogen-bond donors (Lipinski definition) is 2. The van der Waals surface area contributed by atoms with Crippen molar-refractivity contribution in [2.24, 2.45) is 5.92 Å². The maximum atomic E-state index is 13.0. The second-order valence-corrected chi connectivity index (χ2v) is 7.18. The smallest absolute Gasteiger partial charge is 0.197 e. The highest BCUT2D eigenvalue weighted by Gasteiger charge is 2.16. The Balaban J connectivity index is 2.30. The van der Waals surface area contributed by atoms with E-state index in [1.165, 1.54) is 0 Å². The molecule has 1 heterocycles. The van der Waals surface area contributed by atoms with Gasteiger partial charge in [0.2, 0.25) is 0 Å². The topological polar surface area (TPSA) is 62.0 Å². The number of nitrogens with one attached hydrogen (secondary N) is 2. The van der Waals surface area contributed by atoms with Gasteiger partial charge in [-0.2, -0.15) is 0 Å². The number of aromatic amines is 1. The molecule has 1 atom stereocenters. The van der Waals surface area contributed by atoms with Crippen LogP contribution in [-0.4, -0.2) is 16.8 Å². The molecule has 1 aromatic heterocycles. The van der Waals surface area contributed by atoms with Crippen LogP contribution < -0.4 is 10.7 Å². The van der Waals surface area contributed by atoms with E-state index in [0.717, 1.165) is 16.8 Å². The van der Waals surface area contributed by atoms with Gasteiger partial charge in [0.15, 0.2) is 11.2 Å². The van der Waals surface area contributed by atoms with Crippen molar-refractivity contribution in [3.8, 4) is 0 Å². The summed E-state index contributed by atoms with van der Waals surface area (Å²) < 4.78 is 0. The fourth-order valence-electron chi connectivity index (χ4n) is 2.96. The van der Waals surface area contributed by atoms with E-state index in [9.17, 15) is 9.59 Å². The van der Waals surface area contributed by atoms with Gasteiger partial charge in [-0.1, -0.05) is 25.5 Å². The first-order valence-corrected chi connectivity index (χ1v) is 8.66. The lowest BCUT2D eigenvalue weighted by Gasteiger charge is -2.21. The Bertz CT molecular complexity index is 1030. The first-order chi connectivity index (χ1) is 11.8. The molecular formula is C21H24N2O2. The Morgan fingerprint density at radius 2 is 1.72 bits per heavy atom. The van der Waals surface area contributed by atoms with Gasteiger partial charge in [-0.3, -0.25) is 9.59 Å².